The molecule has 6 heteroatoms. The van der Waals surface area contributed by atoms with Gasteiger partial charge in [-0.2, -0.15) is 4.68 Å². The average Bonchev–Trinajstić information content (AvgIpc) is 2.77. The molecule has 2 rings (SSSR count). The molecule has 5 nitrogen and oxygen atoms in total. The largest absolute Gasteiger partial charge is 0.448 e. The third-order valence-corrected chi connectivity index (χ3v) is 2.87. The molecule has 0 aliphatic heterocycles. The monoisotopic (exact) mass is 277 g/mol. The maximum atomic E-state index is 12.1. The van der Waals surface area contributed by atoms with E-state index in [9.17, 15) is 4.79 Å². The van der Waals surface area contributed by atoms with Crippen molar-refractivity contribution in [3.8, 4) is 5.69 Å². The summed E-state index contributed by atoms with van der Waals surface area (Å²) in [6, 6.07) is 9.40. The minimum Gasteiger partial charge on any atom is -0.448 e. The molecule has 100 valence electrons. The fourth-order valence-electron chi connectivity index (χ4n) is 1.80. The van der Waals surface area contributed by atoms with Crippen LogP contribution in [-0.4, -0.2) is 27.0 Å². The van der Waals surface area contributed by atoms with Crippen LogP contribution in [-0.2, 0) is 11.2 Å². The van der Waals surface area contributed by atoms with Gasteiger partial charge < -0.3 is 4.74 Å². The Balaban J connectivity index is 2.63. The molecule has 0 spiro atoms. The molecular weight excluding hydrogens is 262 g/mol. The summed E-state index contributed by atoms with van der Waals surface area (Å²) in [6.45, 7) is 3.99. The summed E-state index contributed by atoms with van der Waals surface area (Å²) < 4.78 is 8.39. The number of hydrogen-bond donors (Lipinski definition) is 0. The van der Waals surface area contributed by atoms with Gasteiger partial charge in [0.15, 0.2) is 0 Å². The van der Waals surface area contributed by atoms with Crippen LogP contribution in [0.4, 0.5) is 4.79 Å². The summed E-state index contributed by atoms with van der Waals surface area (Å²) in [5, 5.41) is 0. The fourth-order valence-corrected chi connectivity index (χ4v) is 2.09. The number of carbonyl (C=O) groups is 1. The molecule has 0 aliphatic rings. The van der Waals surface area contributed by atoms with Gasteiger partial charge in [0.1, 0.15) is 5.82 Å². The maximum absolute atomic E-state index is 12.1. The fraction of sp³-hybridized carbons (Fsp3) is 0.308. The lowest BCUT2D eigenvalue weighted by Gasteiger charge is -2.11. The normalized spacial score (nSPS) is 10.4. The van der Waals surface area contributed by atoms with Gasteiger partial charge in [-0.15, -0.1) is 0 Å². The summed E-state index contributed by atoms with van der Waals surface area (Å²) in [6.07, 6.45) is 0.134. The molecule has 1 heterocycles. The number of nitrogens with zero attached hydrogens (tertiary/aromatic N) is 3. The van der Waals surface area contributed by atoms with E-state index in [-0.39, 0.29) is 0 Å². The van der Waals surface area contributed by atoms with Gasteiger partial charge in [0.2, 0.25) is 4.77 Å². The van der Waals surface area contributed by atoms with Crippen LogP contribution in [0.15, 0.2) is 30.3 Å². The Kier molecular flexibility index (Phi) is 4.11. The first-order chi connectivity index (χ1) is 9.19. The van der Waals surface area contributed by atoms with Crippen molar-refractivity contribution >= 4 is 18.3 Å². The second-order valence-electron chi connectivity index (χ2n) is 3.82. The van der Waals surface area contributed by atoms with Crippen molar-refractivity contribution in [2.75, 3.05) is 6.61 Å². The Hall–Kier alpha value is -1.95. The smallest absolute Gasteiger partial charge is 0.435 e. The second-order valence-corrected chi connectivity index (χ2v) is 4.19. The zero-order chi connectivity index (χ0) is 13.8. The Labute approximate surface area is 116 Å². The summed E-state index contributed by atoms with van der Waals surface area (Å²) in [5.41, 5.74) is 0.785. The van der Waals surface area contributed by atoms with Crippen molar-refractivity contribution in [3.05, 3.63) is 40.9 Å². The van der Waals surface area contributed by atoms with Crippen molar-refractivity contribution in [1.82, 2.24) is 14.3 Å². The molecule has 2 aromatic rings. The number of para-hydroxylation sites is 1. The zero-order valence-corrected chi connectivity index (χ0v) is 11.7. The molecule has 1 aromatic carbocycles. The molecule has 0 saturated heterocycles. The van der Waals surface area contributed by atoms with Crippen molar-refractivity contribution in [1.29, 1.82) is 0 Å². The topological polar surface area (TPSA) is 49.1 Å². The first-order valence-corrected chi connectivity index (χ1v) is 6.53. The third kappa shape index (κ3) is 2.58. The predicted octanol–water partition coefficient (Wildman–Crippen LogP) is 2.97. The molecule has 0 aliphatic carbocycles. The Morgan fingerprint density at radius 2 is 2.00 bits per heavy atom. The van der Waals surface area contributed by atoms with Crippen molar-refractivity contribution in [2.24, 2.45) is 0 Å². The third-order valence-electron chi connectivity index (χ3n) is 2.61. The zero-order valence-electron chi connectivity index (χ0n) is 10.9. The van der Waals surface area contributed by atoms with Gasteiger partial charge in [0.05, 0.1) is 12.3 Å². The molecule has 1 aromatic heterocycles. The van der Waals surface area contributed by atoms with Crippen LogP contribution in [0.5, 0.6) is 0 Å². The number of ether oxygens (including phenoxy) is 1. The van der Waals surface area contributed by atoms with E-state index in [1.165, 1.54) is 4.68 Å². The highest BCUT2D eigenvalue weighted by Crippen LogP contribution is 2.12. The highest BCUT2D eigenvalue weighted by molar-refractivity contribution is 7.71. The molecule has 0 radical (unpaired) electrons. The van der Waals surface area contributed by atoms with Crippen LogP contribution in [0.2, 0.25) is 0 Å². The van der Waals surface area contributed by atoms with Gasteiger partial charge in [-0.3, -0.25) is 0 Å². The number of aryl methyl sites for hydroxylation is 1. The van der Waals surface area contributed by atoms with E-state index in [0.717, 1.165) is 5.69 Å². The number of hydrogen-bond acceptors (Lipinski definition) is 4. The number of carbonyl (C=O) groups excluding carboxylic acids is 1. The predicted molar refractivity (Wildman–Crippen MR) is 74.2 cm³/mol. The maximum Gasteiger partial charge on any atom is 0.435 e. The molecule has 0 saturated carbocycles. The standard InChI is InChI=1S/C13H15N3O2S/c1-3-11-14-12(19)15(10-8-6-5-7-9-10)16(11)13(17)18-4-2/h5-9H,3-4H2,1-2H3. The Bertz CT molecular complexity index is 631. The minimum atomic E-state index is -0.466. The van der Waals surface area contributed by atoms with Gasteiger partial charge in [0, 0.05) is 6.42 Å². The molecule has 0 unspecified atom stereocenters. The van der Waals surface area contributed by atoms with Crippen LogP contribution in [0.1, 0.15) is 19.7 Å². The molecule has 0 bridgehead atoms. The van der Waals surface area contributed by atoms with Gasteiger partial charge in [-0.1, -0.05) is 25.1 Å². The summed E-state index contributed by atoms with van der Waals surface area (Å²) >= 11 is 5.24. The van der Waals surface area contributed by atoms with Gasteiger partial charge in [0.25, 0.3) is 0 Å². The lowest BCUT2D eigenvalue weighted by Crippen LogP contribution is -2.23. The van der Waals surface area contributed by atoms with Crippen molar-refractivity contribution in [2.45, 2.75) is 20.3 Å². The van der Waals surface area contributed by atoms with E-state index in [1.54, 1.807) is 11.6 Å². The molecule has 0 N–H and O–H groups in total. The molecule has 0 amide bonds. The number of aromatic nitrogens is 3. The minimum absolute atomic E-state index is 0.307. The lowest BCUT2D eigenvalue weighted by molar-refractivity contribution is 0.147. The summed E-state index contributed by atoms with van der Waals surface area (Å²) in [5.74, 6) is 0.590. The van der Waals surface area contributed by atoms with Crippen LogP contribution < -0.4 is 0 Å². The highest BCUT2D eigenvalue weighted by atomic mass is 32.1. The molecule has 19 heavy (non-hydrogen) atoms. The van der Waals surface area contributed by atoms with E-state index in [4.69, 9.17) is 17.0 Å². The summed E-state index contributed by atoms with van der Waals surface area (Å²) in [7, 11) is 0. The number of benzene rings is 1. The van der Waals surface area contributed by atoms with Crippen molar-refractivity contribution in [3.63, 3.8) is 0 Å². The van der Waals surface area contributed by atoms with Crippen LogP contribution in [0.25, 0.3) is 5.69 Å². The SMILES string of the molecule is CCOC(=O)n1c(CC)nc(=S)n1-c1ccccc1. The van der Waals surface area contributed by atoms with Crippen molar-refractivity contribution < 1.29 is 9.53 Å². The van der Waals surface area contributed by atoms with Crippen LogP contribution in [0, 0.1) is 4.77 Å². The average molecular weight is 277 g/mol. The van der Waals surface area contributed by atoms with Gasteiger partial charge >= 0.3 is 6.09 Å². The Morgan fingerprint density at radius 3 is 2.58 bits per heavy atom. The summed E-state index contributed by atoms with van der Waals surface area (Å²) in [4.78, 5) is 16.3. The van der Waals surface area contributed by atoms with E-state index >= 15 is 0 Å². The van der Waals surface area contributed by atoms with E-state index < -0.39 is 6.09 Å². The van der Waals surface area contributed by atoms with Crippen LogP contribution >= 0.6 is 12.2 Å². The Morgan fingerprint density at radius 1 is 1.32 bits per heavy atom. The quantitative estimate of drug-likeness (QED) is 0.809. The second kappa shape index (κ2) is 5.79. The molecule has 0 atom stereocenters. The van der Waals surface area contributed by atoms with Crippen LogP contribution in [0.3, 0.4) is 0 Å². The molecular formula is C13H15N3O2S. The highest BCUT2D eigenvalue weighted by Gasteiger charge is 2.18. The van der Waals surface area contributed by atoms with E-state index in [2.05, 4.69) is 4.98 Å². The van der Waals surface area contributed by atoms with E-state index in [1.807, 2.05) is 37.3 Å². The first-order valence-electron chi connectivity index (χ1n) is 6.12. The molecule has 0 fully saturated rings. The first kappa shape index (κ1) is 13.5. The van der Waals surface area contributed by atoms with E-state index in [0.29, 0.717) is 23.6 Å². The van der Waals surface area contributed by atoms with Gasteiger partial charge in [-0.05, 0) is 31.3 Å². The van der Waals surface area contributed by atoms with Gasteiger partial charge in [-0.25, -0.2) is 14.5 Å². The lowest BCUT2D eigenvalue weighted by atomic mass is 10.3. The number of rotatable bonds is 3.